The standard InChI is InChI=1S/C14H24N4O2S/c1-16-21(19,20)13-6-5-11(9-12(13)15)17-10-14(18(2)3)7-4-8-14/h5-6,9,16-17H,4,7-8,10,15H2,1-3H3. The van der Waals surface area contributed by atoms with E-state index in [0.29, 0.717) is 0 Å². The number of nitrogen functional groups attached to an aromatic ring is 1. The summed E-state index contributed by atoms with van der Waals surface area (Å²) >= 11 is 0. The van der Waals surface area contributed by atoms with Crippen molar-refractivity contribution in [2.24, 2.45) is 0 Å². The summed E-state index contributed by atoms with van der Waals surface area (Å²) in [6.07, 6.45) is 3.60. The molecule has 0 aromatic heterocycles. The van der Waals surface area contributed by atoms with Crippen LogP contribution < -0.4 is 15.8 Å². The van der Waals surface area contributed by atoms with Crippen molar-refractivity contribution >= 4 is 21.4 Å². The van der Waals surface area contributed by atoms with Crippen LogP contribution in [-0.4, -0.2) is 46.5 Å². The SMILES string of the molecule is CNS(=O)(=O)c1ccc(NCC2(N(C)C)CCC2)cc1N. The molecule has 4 N–H and O–H groups in total. The maximum Gasteiger partial charge on any atom is 0.242 e. The maximum atomic E-state index is 11.8. The van der Waals surface area contributed by atoms with Crippen LogP contribution in [-0.2, 0) is 10.0 Å². The highest BCUT2D eigenvalue weighted by atomic mass is 32.2. The van der Waals surface area contributed by atoms with E-state index in [1.54, 1.807) is 12.1 Å². The molecular weight excluding hydrogens is 288 g/mol. The van der Waals surface area contributed by atoms with Crippen molar-refractivity contribution in [3.8, 4) is 0 Å². The fourth-order valence-electron chi connectivity index (χ4n) is 2.65. The van der Waals surface area contributed by atoms with E-state index in [4.69, 9.17) is 5.73 Å². The third-order valence-corrected chi connectivity index (χ3v) is 5.91. The molecule has 118 valence electrons. The first-order valence-corrected chi connectivity index (χ1v) is 8.53. The molecule has 1 saturated carbocycles. The Balaban J connectivity index is 2.11. The van der Waals surface area contributed by atoms with Crippen molar-refractivity contribution in [1.29, 1.82) is 0 Å². The van der Waals surface area contributed by atoms with E-state index in [-0.39, 0.29) is 16.1 Å². The van der Waals surface area contributed by atoms with Crippen molar-refractivity contribution in [3.63, 3.8) is 0 Å². The predicted octanol–water partition coefficient (Wildman–Crippen LogP) is 1.07. The second-order valence-corrected chi connectivity index (χ2v) is 7.64. The summed E-state index contributed by atoms with van der Waals surface area (Å²) in [5, 5.41) is 3.37. The van der Waals surface area contributed by atoms with Crippen molar-refractivity contribution in [1.82, 2.24) is 9.62 Å². The number of nitrogens with one attached hydrogen (secondary N) is 2. The zero-order chi connectivity index (χ0) is 15.7. The van der Waals surface area contributed by atoms with Crippen LogP contribution in [0.25, 0.3) is 0 Å². The average Bonchev–Trinajstić information content (AvgIpc) is 2.36. The number of hydrogen-bond acceptors (Lipinski definition) is 5. The van der Waals surface area contributed by atoms with Crippen LogP contribution in [0, 0.1) is 0 Å². The quantitative estimate of drug-likeness (QED) is 0.684. The number of rotatable bonds is 6. The number of benzene rings is 1. The molecule has 0 aliphatic heterocycles. The van der Waals surface area contributed by atoms with Gasteiger partial charge in [-0.3, -0.25) is 0 Å². The molecule has 2 rings (SSSR count). The van der Waals surface area contributed by atoms with E-state index in [1.165, 1.54) is 32.4 Å². The van der Waals surface area contributed by atoms with E-state index in [1.807, 2.05) is 0 Å². The predicted molar refractivity (Wildman–Crippen MR) is 85.9 cm³/mol. The van der Waals surface area contributed by atoms with E-state index < -0.39 is 10.0 Å². The Hall–Kier alpha value is -1.31. The second kappa shape index (κ2) is 5.82. The number of likely N-dealkylation sites (N-methyl/N-ethyl adjacent to an activating group) is 1. The van der Waals surface area contributed by atoms with Gasteiger partial charge < -0.3 is 16.0 Å². The molecule has 1 fully saturated rings. The van der Waals surface area contributed by atoms with E-state index in [9.17, 15) is 8.42 Å². The van der Waals surface area contributed by atoms with Gasteiger partial charge in [0.1, 0.15) is 4.90 Å². The van der Waals surface area contributed by atoms with Crippen LogP contribution in [0.3, 0.4) is 0 Å². The van der Waals surface area contributed by atoms with Crippen LogP contribution in [0.2, 0.25) is 0 Å². The first-order chi connectivity index (χ1) is 9.81. The molecule has 0 radical (unpaired) electrons. The summed E-state index contributed by atoms with van der Waals surface area (Å²) in [7, 11) is 2.06. The highest BCUT2D eigenvalue weighted by molar-refractivity contribution is 7.89. The van der Waals surface area contributed by atoms with E-state index >= 15 is 0 Å². The minimum absolute atomic E-state index is 0.113. The summed E-state index contributed by atoms with van der Waals surface area (Å²) in [6.45, 7) is 0.831. The summed E-state index contributed by atoms with van der Waals surface area (Å²) in [6, 6.07) is 4.96. The first kappa shape index (κ1) is 16.1. The van der Waals surface area contributed by atoms with E-state index in [0.717, 1.165) is 12.2 Å². The van der Waals surface area contributed by atoms with Gasteiger partial charge in [0, 0.05) is 17.8 Å². The summed E-state index contributed by atoms with van der Waals surface area (Å²) in [5.41, 5.74) is 7.15. The Bertz CT molecular complexity index is 609. The normalized spacial score (nSPS) is 17.5. The third kappa shape index (κ3) is 3.14. The molecular formula is C14H24N4O2S. The smallest absolute Gasteiger partial charge is 0.242 e. The molecule has 1 aliphatic rings. The molecule has 0 amide bonds. The van der Waals surface area contributed by atoms with Crippen LogP contribution in [0.15, 0.2) is 23.1 Å². The van der Waals surface area contributed by atoms with Gasteiger partial charge >= 0.3 is 0 Å². The number of sulfonamides is 1. The molecule has 0 saturated heterocycles. The zero-order valence-corrected chi connectivity index (χ0v) is 13.6. The lowest BCUT2D eigenvalue weighted by Crippen LogP contribution is -2.54. The molecule has 21 heavy (non-hydrogen) atoms. The van der Waals surface area contributed by atoms with Gasteiger partial charge in [-0.25, -0.2) is 13.1 Å². The van der Waals surface area contributed by atoms with Crippen LogP contribution in [0.1, 0.15) is 19.3 Å². The van der Waals surface area contributed by atoms with Crippen molar-refractivity contribution in [2.75, 3.05) is 38.7 Å². The molecule has 1 aromatic rings. The summed E-state index contributed by atoms with van der Waals surface area (Å²) in [5.74, 6) is 0. The minimum Gasteiger partial charge on any atom is -0.398 e. The van der Waals surface area contributed by atoms with Gasteiger partial charge in [-0.2, -0.15) is 0 Å². The molecule has 0 spiro atoms. The molecule has 0 atom stereocenters. The van der Waals surface area contributed by atoms with Crippen LogP contribution in [0.5, 0.6) is 0 Å². The average molecular weight is 312 g/mol. The lowest BCUT2D eigenvalue weighted by atomic mass is 9.75. The van der Waals surface area contributed by atoms with Gasteiger partial charge in [-0.05, 0) is 58.6 Å². The molecule has 0 unspecified atom stereocenters. The highest BCUT2D eigenvalue weighted by Crippen LogP contribution is 2.36. The lowest BCUT2D eigenvalue weighted by molar-refractivity contribution is 0.0739. The van der Waals surface area contributed by atoms with Crippen LogP contribution >= 0.6 is 0 Å². The van der Waals surface area contributed by atoms with Gasteiger partial charge in [0.05, 0.1) is 5.69 Å². The Kier molecular flexibility index (Phi) is 4.46. The summed E-state index contributed by atoms with van der Waals surface area (Å²) in [4.78, 5) is 2.37. The number of hydrogen-bond donors (Lipinski definition) is 3. The van der Waals surface area contributed by atoms with Crippen molar-refractivity contribution < 1.29 is 8.42 Å². The largest absolute Gasteiger partial charge is 0.398 e. The third-order valence-electron chi connectivity index (χ3n) is 4.42. The molecule has 7 heteroatoms. The second-order valence-electron chi connectivity index (χ2n) is 5.79. The van der Waals surface area contributed by atoms with Crippen molar-refractivity contribution in [3.05, 3.63) is 18.2 Å². The van der Waals surface area contributed by atoms with E-state index in [2.05, 4.69) is 29.0 Å². The lowest BCUT2D eigenvalue weighted by Gasteiger charge is -2.47. The van der Waals surface area contributed by atoms with Crippen LogP contribution in [0.4, 0.5) is 11.4 Å². The van der Waals surface area contributed by atoms with Gasteiger partial charge in [0.15, 0.2) is 0 Å². The van der Waals surface area contributed by atoms with Gasteiger partial charge in [0.2, 0.25) is 10.0 Å². The van der Waals surface area contributed by atoms with Gasteiger partial charge in [-0.15, -0.1) is 0 Å². The number of nitrogens with zero attached hydrogens (tertiary/aromatic N) is 1. The first-order valence-electron chi connectivity index (χ1n) is 7.05. The Morgan fingerprint density at radius 2 is 2.00 bits per heavy atom. The molecule has 1 aliphatic carbocycles. The monoisotopic (exact) mass is 312 g/mol. The Morgan fingerprint density at radius 1 is 1.33 bits per heavy atom. The Labute approximate surface area is 126 Å². The zero-order valence-electron chi connectivity index (χ0n) is 12.8. The highest BCUT2D eigenvalue weighted by Gasteiger charge is 2.38. The van der Waals surface area contributed by atoms with Crippen molar-refractivity contribution in [2.45, 2.75) is 29.7 Å². The molecule has 0 bridgehead atoms. The topological polar surface area (TPSA) is 87.5 Å². The maximum absolute atomic E-state index is 11.8. The molecule has 0 heterocycles. The summed E-state index contributed by atoms with van der Waals surface area (Å²) < 4.78 is 25.8. The number of nitrogens with two attached hydrogens (primary N) is 1. The fourth-order valence-corrected chi connectivity index (χ4v) is 3.48. The minimum atomic E-state index is -3.51. The number of anilines is 2. The van der Waals surface area contributed by atoms with Gasteiger partial charge in [-0.1, -0.05) is 0 Å². The fraction of sp³-hybridized carbons (Fsp3) is 0.571. The molecule has 1 aromatic carbocycles. The Morgan fingerprint density at radius 3 is 2.43 bits per heavy atom. The van der Waals surface area contributed by atoms with Gasteiger partial charge in [0.25, 0.3) is 0 Å². The molecule has 6 nitrogen and oxygen atoms in total.